The lowest BCUT2D eigenvalue weighted by molar-refractivity contribution is -0.274. The number of alkyl halides is 3. The number of hydrogen-bond donors (Lipinski definition) is 3. The molecule has 4 rings (SSSR count). The van der Waals surface area contributed by atoms with Crippen molar-refractivity contribution in [3.8, 4) is 23.4 Å². The molecule has 1 aliphatic heterocycles. The SMILES string of the molecule is N#Cc1ncc2nc1OCCCCCOc1cc(NS(=O)(=O)c3ccc(OC(F)(F)F)cc3)c(Cl)cc1NC(=O)N2. The van der Waals surface area contributed by atoms with Gasteiger partial charge in [-0.25, -0.2) is 18.2 Å². The Balaban J connectivity index is 1.58. The molecule has 0 saturated heterocycles. The molecule has 12 nitrogen and oxygen atoms in total. The average Bonchev–Trinajstić information content (AvgIpc) is 2.89. The fourth-order valence-corrected chi connectivity index (χ4v) is 4.82. The zero-order valence-electron chi connectivity index (χ0n) is 20.8. The highest BCUT2D eigenvalue weighted by molar-refractivity contribution is 7.92. The van der Waals surface area contributed by atoms with Crippen LogP contribution in [0.4, 0.5) is 35.2 Å². The largest absolute Gasteiger partial charge is 0.573 e. The van der Waals surface area contributed by atoms with Crippen LogP contribution in [0.15, 0.2) is 47.5 Å². The summed E-state index contributed by atoms with van der Waals surface area (Å²) in [6.45, 7) is 0.419. The van der Waals surface area contributed by atoms with E-state index in [-0.39, 0.29) is 57.6 Å². The Hall–Kier alpha value is -4.49. The smallest absolute Gasteiger partial charge is 0.491 e. The maximum Gasteiger partial charge on any atom is 0.573 e. The molecule has 3 aromatic rings. The number of rotatable bonds is 4. The van der Waals surface area contributed by atoms with Crippen molar-refractivity contribution >= 4 is 44.8 Å². The average molecular weight is 613 g/mol. The Morgan fingerprint density at radius 3 is 2.46 bits per heavy atom. The van der Waals surface area contributed by atoms with Crippen LogP contribution in [0, 0.1) is 11.3 Å². The van der Waals surface area contributed by atoms with E-state index in [9.17, 15) is 31.6 Å². The zero-order valence-corrected chi connectivity index (χ0v) is 22.4. The summed E-state index contributed by atoms with van der Waals surface area (Å²) in [5, 5.41) is 14.1. The van der Waals surface area contributed by atoms with Gasteiger partial charge < -0.3 is 19.5 Å². The number of amides is 2. The maximum atomic E-state index is 12.9. The second kappa shape index (κ2) is 12.4. The maximum absolute atomic E-state index is 12.9. The summed E-state index contributed by atoms with van der Waals surface area (Å²) in [4.78, 5) is 20.4. The number of fused-ring (bicyclic) bond motifs is 3. The number of sulfonamides is 1. The standard InChI is InChI=1S/C24H20ClF3N6O6S/c25-16-10-18-20(11-17(16)34-41(36,37)15-6-4-14(5-7-15)40-24(26,27)28)38-8-2-1-3-9-39-22-19(12-29)30-13-21(32-22)33-23(35)31-18/h4-7,10-11,13,34H,1-3,8-9H2,(H2,31,32,33,35). The number of halogens is 4. The summed E-state index contributed by atoms with van der Waals surface area (Å²) in [7, 11) is -4.30. The van der Waals surface area contributed by atoms with Crippen LogP contribution >= 0.6 is 11.6 Å². The number of anilines is 3. The Morgan fingerprint density at radius 2 is 1.78 bits per heavy atom. The summed E-state index contributed by atoms with van der Waals surface area (Å²) in [5.41, 5.74) is -0.0597. The summed E-state index contributed by atoms with van der Waals surface area (Å²) >= 11 is 6.31. The van der Waals surface area contributed by atoms with Gasteiger partial charge >= 0.3 is 12.4 Å². The fourth-order valence-electron chi connectivity index (χ4n) is 3.48. The monoisotopic (exact) mass is 612 g/mol. The number of carbonyl (C=O) groups excluding carboxylic acids is 1. The minimum Gasteiger partial charge on any atom is -0.491 e. The van der Waals surface area contributed by atoms with Gasteiger partial charge in [0, 0.05) is 6.07 Å². The van der Waals surface area contributed by atoms with Crippen molar-refractivity contribution in [1.29, 1.82) is 5.26 Å². The first kappa shape index (κ1) is 29.5. The number of benzene rings is 2. The quantitative estimate of drug-likeness (QED) is 0.355. The van der Waals surface area contributed by atoms with Crippen molar-refractivity contribution < 1.29 is 40.6 Å². The number of ether oxygens (including phenoxy) is 3. The number of urea groups is 1. The summed E-state index contributed by atoms with van der Waals surface area (Å²) in [6.07, 6.45) is -1.95. The highest BCUT2D eigenvalue weighted by Gasteiger charge is 2.31. The van der Waals surface area contributed by atoms with E-state index in [2.05, 4.69) is 30.1 Å². The fraction of sp³-hybridized carbons (Fsp3) is 0.250. The molecule has 0 saturated carbocycles. The van der Waals surface area contributed by atoms with Gasteiger partial charge in [-0.2, -0.15) is 10.2 Å². The number of hydrogen-bond acceptors (Lipinski definition) is 9. The van der Waals surface area contributed by atoms with Gasteiger partial charge in [0.15, 0.2) is 5.82 Å². The van der Waals surface area contributed by atoms with Crippen LogP contribution in [-0.4, -0.2) is 44.0 Å². The Labute approximate surface area is 236 Å². The third-order valence-corrected chi connectivity index (χ3v) is 7.00. The molecule has 0 radical (unpaired) electrons. The Kier molecular flexibility index (Phi) is 8.89. The molecule has 0 fully saturated rings. The molecule has 2 aromatic carbocycles. The minimum atomic E-state index is -4.93. The van der Waals surface area contributed by atoms with Crippen LogP contribution in [0.2, 0.25) is 5.02 Å². The van der Waals surface area contributed by atoms with Crippen LogP contribution in [0.5, 0.6) is 17.4 Å². The molecular weight excluding hydrogens is 593 g/mol. The van der Waals surface area contributed by atoms with E-state index in [0.717, 1.165) is 24.3 Å². The third-order valence-electron chi connectivity index (χ3n) is 5.30. The van der Waals surface area contributed by atoms with Gasteiger partial charge in [-0.1, -0.05) is 11.6 Å². The van der Waals surface area contributed by atoms with Crippen LogP contribution in [0.3, 0.4) is 0 Å². The molecule has 216 valence electrons. The molecule has 17 heteroatoms. The van der Waals surface area contributed by atoms with Gasteiger partial charge in [0.1, 0.15) is 17.6 Å². The lowest BCUT2D eigenvalue weighted by atomic mass is 10.2. The summed E-state index contributed by atoms with van der Waals surface area (Å²) in [6, 6.07) is 7.18. The molecule has 0 spiro atoms. The Bertz CT molecular complexity index is 1580. The first-order chi connectivity index (χ1) is 19.4. The van der Waals surface area contributed by atoms with Crippen molar-refractivity contribution in [2.75, 3.05) is 28.6 Å². The molecule has 1 aromatic heterocycles. The first-order valence-electron chi connectivity index (χ1n) is 11.8. The van der Waals surface area contributed by atoms with Crippen LogP contribution < -0.4 is 29.6 Å². The van der Waals surface area contributed by atoms with Crippen molar-refractivity contribution in [2.45, 2.75) is 30.5 Å². The number of nitriles is 1. The Morgan fingerprint density at radius 1 is 1.07 bits per heavy atom. The molecular formula is C24H20ClF3N6O6S. The normalized spacial score (nSPS) is 14.4. The van der Waals surface area contributed by atoms with Crippen LogP contribution in [0.25, 0.3) is 0 Å². The lowest BCUT2D eigenvalue weighted by Crippen LogP contribution is -2.21. The molecule has 41 heavy (non-hydrogen) atoms. The molecule has 2 amide bonds. The highest BCUT2D eigenvalue weighted by Crippen LogP contribution is 2.36. The van der Waals surface area contributed by atoms with Crippen LogP contribution in [-0.2, 0) is 10.0 Å². The molecule has 3 N–H and O–H groups in total. The van der Waals surface area contributed by atoms with E-state index in [1.54, 1.807) is 0 Å². The van der Waals surface area contributed by atoms with Gasteiger partial charge in [0.25, 0.3) is 15.9 Å². The summed E-state index contributed by atoms with van der Waals surface area (Å²) in [5.74, 6) is -0.548. The first-order valence-corrected chi connectivity index (χ1v) is 13.6. The molecule has 2 heterocycles. The number of nitrogens with one attached hydrogen (secondary N) is 3. The lowest BCUT2D eigenvalue weighted by Gasteiger charge is -2.17. The van der Waals surface area contributed by atoms with Gasteiger partial charge in [0.05, 0.1) is 40.7 Å². The van der Waals surface area contributed by atoms with Gasteiger partial charge in [-0.05, 0) is 49.6 Å². The minimum absolute atomic E-state index is 0.00373. The number of carbonyl (C=O) groups is 1. The van der Waals surface area contributed by atoms with E-state index >= 15 is 0 Å². The van der Waals surface area contributed by atoms with E-state index in [4.69, 9.17) is 21.1 Å². The van der Waals surface area contributed by atoms with Gasteiger partial charge in [-0.15, -0.1) is 13.2 Å². The molecule has 0 unspecified atom stereocenters. The number of nitrogens with zero attached hydrogens (tertiary/aromatic N) is 3. The van der Waals surface area contributed by atoms with E-state index < -0.39 is 28.2 Å². The van der Waals surface area contributed by atoms with Crippen molar-refractivity contribution in [2.24, 2.45) is 0 Å². The van der Waals surface area contributed by atoms with Crippen molar-refractivity contribution in [3.05, 3.63) is 53.3 Å². The van der Waals surface area contributed by atoms with Crippen molar-refractivity contribution in [3.63, 3.8) is 0 Å². The van der Waals surface area contributed by atoms with E-state index in [1.807, 2.05) is 6.07 Å². The molecule has 0 atom stereocenters. The van der Waals surface area contributed by atoms with Gasteiger partial charge in [0.2, 0.25) is 5.69 Å². The molecule has 1 aliphatic rings. The second-order valence-electron chi connectivity index (χ2n) is 8.31. The third kappa shape index (κ3) is 8.02. The predicted octanol–water partition coefficient (Wildman–Crippen LogP) is 5.29. The second-order valence-corrected chi connectivity index (χ2v) is 10.4. The highest BCUT2D eigenvalue weighted by atomic mass is 35.5. The topological polar surface area (TPSA) is 165 Å². The molecule has 0 aliphatic carbocycles. The van der Waals surface area contributed by atoms with E-state index in [0.29, 0.717) is 19.3 Å². The van der Waals surface area contributed by atoms with Gasteiger partial charge in [-0.3, -0.25) is 10.0 Å². The molecule has 2 bridgehead atoms. The zero-order chi connectivity index (χ0) is 29.6. The van der Waals surface area contributed by atoms with E-state index in [1.165, 1.54) is 18.3 Å². The van der Waals surface area contributed by atoms with Crippen LogP contribution in [0.1, 0.15) is 25.0 Å². The predicted molar refractivity (Wildman–Crippen MR) is 140 cm³/mol. The summed E-state index contributed by atoms with van der Waals surface area (Å²) < 4.78 is 80.4. The van der Waals surface area contributed by atoms with Crippen molar-refractivity contribution in [1.82, 2.24) is 9.97 Å². The number of aromatic nitrogens is 2.